The van der Waals surface area contributed by atoms with Crippen LogP contribution in [0.4, 0.5) is 0 Å². The van der Waals surface area contributed by atoms with E-state index in [2.05, 4.69) is 0 Å². The Morgan fingerprint density at radius 2 is 1.00 bits per heavy atom. The maximum absolute atomic E-state index is 0. The Hall–Kier alpha value is 1.61. The first-order valence-electron chi connectivity index (χ1n) is 0. The van der Waals surface area contributed by atoms with Crippen molar-refractivity contribution in [2.45, 2.75) is 0 Å². The van der Waals surface area contributed by atoms with Crippen LogP contribution in [-0.4, -0.2) is 18.9 Å². The zero-order valence-corrected chi connectivity index (χ0v) is 3.65. The van der Waals surface area contributed by atoms with Gasteiger partial charge in [-0.1, -0.05) is 0 Å². The van der Waals surface area contributed by atoms with Crippen LogP contribution in [0.2, 0.25) is 0 Å². The Morgan fingerprint density at radius 3 is 1.00 bits per heavy atom. The fourth-order valence-corrected chi connectivity index (χ4v) is 0. The molecule has 0 heterocycles. The smallest absolute Gasteiger partial charge is 2.00 e. The normalized spacial score (nSPS) is 0. The van der Waals surface area contributed by atoms with Crippen LogP contribution >= 0.6 is 0 Å². The molecule has 0 spiro atoms. The number of hydrogen-bond acceptors (Lipinski definition) is 0. The molecule has 1 radical (unpaired) electrons. The van der Waals surface area contributed by atoms with Crippen molar-refractivity contribution in [3.63, 3.8) is 0 Å². The second-order valence-electron chi connectivity index (χ2n) is 0. The minimum absolute atomic E-state index is 0. The Kier molecular flexibility index (Phi) is 267. The van der Waals surface area contributed by atoms with Crippen molar-refractivity contribution < 1.29 is 39.9 Å². The van der Waals surface area contributed by atoms with E-state index in [1.165, 1.54) is 0 Å². The van der Waals surface area contributed by atoms with Crippen LogP contribution in [0.3, 0.4) is 0 Å². The summed E-state index contributed by atoms with van der Waals surface area (Å²) in [4.78, 5) is 0. The van der Waals surface area contributed by atoms with Crippen molar-refractivity contribution in [2.24, 2.45) is 0 Å². The van der Waals surface area contributed by atoms with Gasteiger partial charge < -0.3 is 5.48 Å². The molecule has 4 heteroatoms. The summed E-state index contributed by atoms with van der Waals surface area (Å²) < 4.78 is 0. The molecule has 0 unspecified atom stereocenters. The van der Waals surface area contributed by atoms with Gasteiger partial charge in [0, 0.05) is 17.4 Å². The van der Waals surface area contributed by atoms with Gasteiger partial charge in [0.05, 0.1) is 0 Å². The molecular weight excluding hydrogens is 130 g/mol. The van der Waals surface area contributed by atoms with Crippen LogP contribution in [0.25, 0.3) is 0 Å². The predicted octanol–water partition coefficient (Wildman–Crippen LogP) is -0.772. The Balaban J connectivity index is 0. The van der Waals surface area contributed by atoms with Crippen LogP contribution in [0.15, 0.2) is 0 Å². The van der Waals surface area contributed by atoms with Crippen LogP contribution in [-0.2, 0) is 39.9 Å². The number of rotatable bonds is 0. The predicted molar refractivity (Wildman–Crippen MR) is 7.84 cm³/mol. The summed E-state index contributed by atoms with van der Waals surface area (Å²) in [5.74, 6) is 0. The molecule has 0 rings (SSSR count). The van der Waals surface area contributed by atoms with Crippen LogP contribution in [0, 0.1) is 0 Å². The van der Waals surface area contributed by atoms with Crippen LogP contribution in [0.1, 0.15) is 0 Å². The third-order valence-electron chi connectivity index (χ3n) is 0. The molecule has 21 valence electrons. The molecule has 0 aliphatic rings. The SMILES string of the molecule is [Cr].[LiH].[Mn+2].[O-2]. The van der Waals surface area contributed by atoms with Crippen molar-refractivity contribution in [1.29, 1.82) is 0 Å². The molecule has 0 fully saturated rings. The minimum Gasteiger partial charge on any atom is -2.00 e. The third-order valence-corrected chi connectivity index (χ3v) is 0. The van der Waals surface area contributed by atoms with Crippen LogP contribution < -0.4 is 0 Å². The zero-order chi connectivity index (χ0) is 0. The van der Waals surface area contributed by atoms with E-state index >= 15 is 0 Å². The molecule has 1 nitrogen and oxygen atoms in total. The Bertz CT molecular complexity index is 8.00. The second-order valence-corrected chi connectivity index (χ2v) is 0. The van der Waals surface area contributed by atoms with E-state index < -0.39 is 0 Å². The van der Waals surface area contributed by atoms with E-state index in [9.17, 15) is 0 Å². The second kappa shape index (κ2) is 23.2. The zero-order valence-electron chi connectivity index (χ0n) is 1.19. The summed E-state index contributed by atoms with van der Waals surface area (Å²) in [5, 5.41) is 0. The van der Waals surface area contributed by atoms with E-state index in [4.69, 9.17) is 0 Å². The minimum atomic E-state index is 0. The van der Waals surface area contributed by atoms with Gasteiger partial charge in [-0.25, -0.2) is 0 Å². The van der Waals surface area contributed by atoms with E-state index in [1.54, 1.807) is 0 Å². The summed E-state index contributed by atoms with van der Waals surface area (Å²) >= 11 is 0. The summed E-state index contributed by atoms with van der Waals surface area (Å²) in [6.07, 6.45) is 0. The number of hydrogen-bond donors (Lipinski definition) is 0. The first kappa shape index (κ1) is 46.0. The molecule has 0 aliphatic heterocycles. The Morgan fingerprint density at radius 1 is 1.00 bits per heavy atom. The average molecular weight is 131 g/mol. The van der Waals surface area contributed by atoms with Gasteiger partial charge in [0.1, 0.15) is 0 Å². The van der Waals surface area contributed by atoms with E-state index in [1.807, 2.05) is 0 Å². The molecule has 0 aromatic rings. The topological polar surface area (TPSA) is 28.5 Å². The molecule has 0 saturated heterocycles. The molecule has 0 N–H and O–H groups in total. The molecule has 0 bridgehead atoms. The van der Waals surface area contributed by atoms with Gasteiger partial charge in [-0.3, -0.25) is 0 Å². The fraction of sp³-hybridized carbons (Fsp3) is 0. The molecule has 0 aromatic carbocycles. The fourth-order valence-electron chi connectivity index (χ4n) is 0. The first-order chi connectivity index (χ1) is 0. The third kappa shape index (κ3) is 9.49. The van der Waals surface area contributed by atoms with E-state index in [0.29, 0.717) is 0 Å². The van der Waals surface area contributed by atoms with Crippen LogP contribution in [0.5, 0.6) is 0 Å². The molecule has 0 aliphatic carbocycles. The van der Waals surface area contributed by atoms with Crippen molar-refractivity contribution in [3.05, 3.63) is 0 Å². The van der Waals surface area contributed by atoms with Gasteiger partial charge in [-0.15, -0.1) is 0 Å². The molecule has 4 heavy (non-hydrogen) atoms. The quantitative estimate of drug-likeness (QED) is 0.386. The summed E-state index contributed by atoms with van der Waals surface area (Å²) in [6, 6.07) is 0. The van der Waals surface area contributed by atoms with Gasteiger partial charge in [-0.05, 0) is 0 Å². The molecule has 0 aromatic heterocycles. The summed E-state index contributed by atoms with van der Waals surface area (Å²) in [6.45, 7) is 0. The molecule has 0 atom stereocenters. The van der Waals surface area contributed by atoms with Gasteiger partial charge in [0.15, 0.2) is 0 Å². The summed E-state index contributed by atoms with van der Waals surface area (Å²) in [7, 11) is 0. The van der Waals surface area contributed by atoms with Crippen molar-refractivity contribution in [1.82, 2.24) is 0 Å². The maximum Gasteiger partial charge on any atom is 2.00 e. The first-order valence-corrected chi connectivity index (χ1v) is 0. The molecular formula is HCrLiMnO. The maximum atomic E-state index is 0. The van der Waals surface area contributed by atoms with Crippen molar-refractivity contribution in [2.75, 3.05) is 0 Å². The Labute approximate surface area is 58.6 Å². The largest absolute Gasteiger partial charge is 2.00 e. The average Bonchev–Trinajstić information content (AvgIpc) is 0. The van der Waals surface area contributed by atoms with Gasteiger partial charge in [0.2, 0.25) is 0 Å². The standard InChI is InChI=1S/Cr.Li.Mn.O.H/q;;+2;-2;. The van der Waals surface area contributed by atoms with Crippen molar-refractivity contribution in [3.8, 4) is 0 Å². The van der Waals surface area contributed by atoms with Crippen molar-refractivity contribution >= 4 is 18.9 Å². The monoisotopic (exact) mass is 131 g/mol. The van der Waals surface area contributed by atoms with Gasteiger partial charge in [0.25, 0.3) is 0 Å². The van der Waals surface area contributed by atoms with E-state index in [0.717, 1.165) is 0 Å². The van der Waals surface area contributed by atoms with Gasteiger partial charge >= 0.3 is 35.9 Å². The molecule has 0 amide bonds. The van der Waals surface area contributed by atoms with E-state index in [-0.39, 0.29) is 58.8 Å². The summed E-state index contributed by atoms with van der Waals surface area (Å²) in [5.41, 5.74) is 0. The molecule has 0 saturated carbocycles. The van der Waals surface area contributed by atoms with Gasteiger partial charge in [-0.2, -0.15) is 0 Å².